The van der Waals surface area contributed by atoms with Crippen molar-refractivity contribution in [1.29, 1.82) is 0 Å². The first-order valence-electron chi connectivity index (χ1n) is 7.72. The molecule has 7 heteroatoms. The second kappa shape index (κ2) is 7.93. The molecule has 0 bridgehead atoms. The van der Waals surface area contributed by atoms with Crippen molar-refractivity contribution in [3.63, 3.8) is 0 Å². The van der Waals surface area contributed by atoms with Gasteiger partial charge in [-0.3, -0.25) is 4.79 Å². The number of anilines is 2. The Bertz CT molecular complexity index is 915. The normalized spacial score (nSPS) is 10.4. The summed E-state index contributed by atoms with van der Waals surface area (Å²) in [5.41, 5.74) is 1.19. The summed E-state index contributed by atoms with van der Waals surface area (Å²) in [4.78, 5) is 16.3. The van der Waals surface area contributed by atoms with Crippen molar-refractivity contribution in [2.45, 2.75) is 6.54 Å². The van der Waals surface area contributed by atoms with Gasteiger partial charge in [0.15, 0.2) is 0 Å². The Morgan fingerprint density at radius 2 is 1.81 bits per heavy atom. The van der Waals surface area contributed by atoms with E-state index in [4.69, 9.17) is 11.6 Å². The van der Waals surface area contributed by atoms with Gasteiger partial charge in [0.25, 0.3) is 5.91 Å². The fourth-order valence-electron chi connectivity index (χ4n) is 2.21. The minimum absolute atomic E-state index is 0.0960. The van der Waals surface area contributed by atoms with E-state index >= 15 is 0 Å². The Labute approximate surface area is 153 Å². The third kappa shape index (κ3) is 4.55. The van der Waals surface area contributed by atoms with Crippen LogP contribution in [0, 0.1) is 11.6 Å². The molecule has 0 saturated carbocycles. The molecule has 0 radical (unpaired) electrons. The van der Waals surface area contributed by atoms with Crippen molar-refractivity contribution in [2.24, 2.45) is 0 Å². The average Bonchev–Trinajstić information content (AvgIpc) is 2.64. The number of aromatic nitrogens is 1. The molecule has 2 aromatic carbocycles. The zero-order valence-corrected chi connectivity index (χ0v) is 14.2. The fourth-order valence-corrected chi connectivity index (χ4v) is 2.34. The van der Waals surface area contributed by atoms with E-state index in [1.807, 2.05) is 12.1 Å². The van der Waals surface area contributed by atoms with Gasteiger partial charge >= 0.3 is 0 Å². The minimum atomic E-state index is -0.840. The van der Waals surface area contributed by atoms with Crippen molar-refractivity contribution >= 4 is 29.0 Å². The highest BCUT2D eigenvalue weighted by Crippen LogP contribution is 2.17. The van der Waals surface area contributed by atoms with Gasteiger partial charge in [0, 0.05) is 23.8 Å². The van der Waals surface area contributed by atoms with Gasteiger partial charge in [-0.1, -0.05) is 23.7 Å². The van der Waals surface area contributed by atoms with Gasteiger partial charge in [0.1, 0.15) is 17.5 Å². The molecular formula is C19H14ClF2N3O. The summed E-state index contributed by atoms with van der Waals surface area (Å²) in [5.74, 6) is -1.50. The van der Waals surface area contributed by atoms with E-state index < -0.39 is 17.5 Å². The number of benzene rings is 2. The van der Waals surface area contributed by atoms with Crippen LogP contribution in [0.2, 0.25) is 5.02 Å². The first kappa shape index (κ1) is 17.8. The number of hydrogen-bond acceptors (Lipinski definition) is 3. The number of carbonyl (C=O) groups is 1. The van der Waals surface area contributed by atoms with E-state index in [1.54, 1.807) is 24.3 Å². The van der Waals surface area contributed by atoms with Crippen molar-refractivity contribution in [3.8, 4) is 0 Å². The quantitative estimate of drug-likeness (QED) is 0.670. The number of pyridine rings is 1. The summed E-state index contributed by atoms with van der Waals surface area (Å²) in [7, 11) is 0. The van der Waals surface area contributed by atoms with Gasteiger partial charge < -0.3 is 10.6 Å². The van der Waals surface area contributed by atoms with Crippen LogP contribution in [0.25, 0.3) is 0 Å². The van der Waals surface area contributed by atoms with Gasteiger partial charge in [-0.15, -0.1) is 0 Å². The fraction of sp³-hybridized carbons (Fsp3) is 0.0526. The Morgan fingerprint density at radius 1 is 1.04 bits per heavy atom. The van der Waals surface area contributed by atoms with Crippen molar-refractivity contribution in [3.05, 3.63) is 88.6 Å². The monoisotopic (exact) mass is 373 g/mol. The third-order valence-electron chi connectivity index (χ3n) is 3.59. The molecule has 0 aliphatic carbocycles. The zero-order chi connectivity index (χ0) is 18.5. The van der Waals surface area contributed by atoms with E-state index in [9.17, 15) is 13.6 Å². The van der Waals surface area contributed by atoms with Crippen LogP contribution in [0.3, 0.4) is 0 Å². The lowest BCUT2D eigenvalue weighted by atomic mass is 10.2. The molecule has 26 heavy (non-hydrogen) atoms. The second-order valence-corrected chi connectivity index (χ2v) is 5.93. The summed E-state index contributed by atoms with van der Waals surface area (Å²) >= 11 is 5.84. The first-order valence-corrected chi connectivity index (χ1v) is 8.10. The van der Waals surface area contributed by atoms with Crippen LogP contribution in [-0.2, 0) is 6.54 Å². The van der Waals surface area contributed by atoms with E-state index in [1.165, 1.54) is 6.20 Å². The largest absolute Gasteiger partial charge is 0.366 e. The maximum atomic E-state index is 13.6. The number of nitrogens with one attached hydrogen (secondary N) is 2. The van der Waals surface area contributed by atoms with Crippen molar-refractivity contribution in [2.75, 3.05) is 10.6 Å². The molecule has 3 aromatic rings. The van der Waals surface area contributed by atoms with Crippen molar-refractivity contribution in [1.82, 2.24) is 4.98 Å². The predicted octanol–water partition coefficient (Wildman–Crippen LogP) is 4.88. The van der Waals surface area contributed by atoms with Crippen molar-refractivity contribution < 1.29 is 13.6 Å². The Morgan fingerprint density at radius 3 is 2.46 bits per heavy atom. The van der Waals surface area contributed by atoms with Crippen LogP contribution in [0.15, 0.2) is 60.8 Å². The first-order chi connectivity index (χ1) is 12.5. The smallest absolute Gasteiger partial charge is 0.257 e. The maximum Gasteiger partial charge on any atom is 0.257 e. The highest BCUT2D eigenvalue weighted by molar-refractivity contribution is 6.30. The summed E-state index contributed by atoms with van der Waals surface area (Å²) in [6.45, 7) is 0.552. The van der Waals surface area contributed by atoms with Gasteiger partial charge in [-0.2, -0.15) is 0 Å². The Hall–Kier alpha value is -2.99. The summed E-state index contributed by atoms with van der Waals surface area (Å²) in [6, 6.07) is 13.5. The Balaban J connectivity index is 1.61. The molecule has 2 N–H and O–H groups in total. The third-order valence-corrected chi connectivity index (χ3v) is 3.84. The molecule has 0 atom stereocenters. The predicted molar refractivity (Wildman–Crippen MR) is 97.3 cm³/mol. The van der Waals surface area contributed by atoms with E-state index in [0.717, 1.165) is 17.7 Å². The molecule has 0 unspecified atom stereocenters. The lowest BCUT2D eigenvalue weighted by Gasteiger charge is -2.08. The van der Waals surface area contributed by atoms with E-state index in [0.29, 0.717) is 23.5 Å². The second-order valence-electron chi connectivity index (χ2n) is 5.49. The molecule has 0 aliphatic heterocycles. The molecule has 0 saturated heterocycles. The van der Waals surface area contributed by atoms with Crippen LogP contribution in [0.4, 0.5) is 20.3 Å². The maximum absolute atomic E-state index is 13.6. The van der Waals surface area contributed by atoms with Crippen LogP contribution < -0.4 is 10.6 Å². The molecule has 4 nitrogen and oxygen atoms in total. The molecule has 3 rings (SSSR count). The van der Waals surface area contributed by atoms with Gasteiger partial charge in [0.2, 0.25) is 0 Å². The zero-order valence-electron chi connectivity index (χ0n) is 13.5. The van der Waals surface area contributed by atoms with Crippen LogP contribution in [-0.4, -0.2) is 10.9 Å². The number of carbonyl (C=O) groups excluding carboxylic acids is 1. The number of rotatable bonds is 5. The number of hydrogen-bond donors (Lipinski definition) is 2. The Kier molecular flexibility index (Phi) is 5.43. The minimum Gasteiger partial charge on any atom is -0.366 e. The number of amides is 1. The van der Waals surface area contributed by atoms with Crippen LogP contribution in [0.1, 0.15) is 15.9 Å². The summed E-state index contributed by atoms with van der Waals surface area (Å²) in [6.07, 6.45) is 1.38. The lowest BCUT2D eigenvalue weighted by Crippen LogP contribution is -2.13. The van der Waals surface area contributed by atoms with Gasteiger partial charge in [-0.25, -0.2) is 13.8 Å². The molecular weight excluding hydrogens is 360 g/mol. The molecule has 0 aliphatic rings. The standard InChI is InChI=1S/C19H14ClF2N3O/c20-14-4-1-12(2-5-14)10-23-18-8-3-13(11-24-18)19(26)25-17-7-6-15(21)9-16(17)22/h1-9,11H,10H2,(H,23,24)(H,25,26). The molecule has 1 heterocycles. The SMILES string of the molecule is O=C(Nc1ccc(F)cc1F)c1ccc(NCc2ccc(Cl)cc2)nc1. The molecule has 0 spiro atoms. The van der Waals surface area contributed by atoms with Gasteiger partial charge in [-0.05, 0) is 42.0 Å². The molecule has 0 fully saturated rings. The topological polar surface area (TPSA) is 54.0 Å². The average molecular weight is 374 g/mol. The van der Waals surface area contributed by atoms with Gasteiger partial charge in [0.05, 0.1) is 11.3 Å². The highest BCUT2D eigenvalue weighted by atomic mass is 35.5. The lowest BCUT2D eigenvalue weighted by molar-refractivity contribution is 0.102. The number of halogens is 3. The molecule has 132 valence electrons. The van der Waals surface area contributed by atoms with E-state index in [-0.39, 0.29) is 11.3 Å². The van der Waals surface area contributed by atoms with E-state index in [2.05, 4.69) is 15.6 Å². The van der Waals surface area contributed by atoms with Crippen LogP contribution in [0.5, 0.6) is 0 Å². The van der Waals surface area contributed by atoms with Crippen LogP contribution >= 0.6 is 11.6 Å². The molecule has 1 aromatic heterocycles. The summed E-state index contributed by atoms with van der Waals surface area (Å²) < 4.78 is 26.5. The highest BCUT2D eigenvalue weighted by Gasteiger charge is 2.10. The molecule has 1 amide bonds. The summed E-state index contributed by atoms with van der Waals surface area (Å²) in [5, 5.41) is 6.17. The number of nitrogens with zero attached hydrogens (tertiary/aromatic N) is 1.